The van der Waals surface area contributed by atoms with Crippen molar-refractivity contribution in [3.8, 4) is 0 Å². The van der Waals surface area contributed by atoms with Gasteiger partial charge in [-0.25, -0.2) is 0 Å². The van der Waals surface area contributed by atoms with E-state index in [4.69, 9.17) is 0 Å². The molecule has 5 heteroatoms. The second-order valence-electron chi connectivity index (χ2n) is 7.71. The van der Waals surface area contributed by atoms with E-state index in [2.05, 4.69) is 58.1 Å². The maximum absolute atomic E-state index is 13.4. The number of aliphatic imine (C=N–C) groups is 1. The van der Waals surface area contributed by atoms with Crippen LogP contribution in [0.4, 0.5) is 0 Å². The Kier molecular flexibility index (Phi) is 4.24. The van der Waals surface area contributed by atoms with Crippen LogP contribution in [0.15, 0.2) is 70.9 Å². The lowest BCUT2D eigenvalue weighted by Gasteiger charge is -2.35. The minimum absolute atomic E-state index is 0.116. The van der Waals surface area contributed by atoms with Gasteiger partial charge in [0, 0.05) is 31.9 Å². The summed E-state index contributed by atoms with van der Waals surface area (Å²) in [6.45, 7) is 6.67. The molecule has 5 rings (SSSR count). The Balaban J connectivity index is 1.40. The SMILES string of the molecule is Cc1ccccc1CN1C(=O)C2=C(CN(Cc3ccccc3)C2)N2CCN=C12. The molecule has 3 aliphatic heterocycles. The lowest BCUT2D eigenvalue weighted by atomic mass is 10.1. The number of aryl methyl sites for hydroxylation is 1. The molecule has 0 saturated carbocycles. The van der Waals surface area contributed by atoms with Crippen molar-refractivity contribution >= 4 is 11.9 Å². The number of hydrogen-bond donors (Lipinski definition) is 0. The number of guanidine groups is 1. The molecular weight excluding hydrogens is 348 g/mol. The van der Waals surface area contributed by atoms with Gasteiger partial charge < -0.3 is 4.90 Å². The van der Waals surface area contributed by atoms with Crippen molar-refractivity contribution in [2.45, 2.75) is 20.0 Å². The summed E-state index contributed by atoms with van der Waals surface area (Å²) in [5.74, 6) is 0.944. The first kappa shape index (κ1) is 17.2. The Labute approximate surface area is 165 Å². The third-order valence-electron chi connectivity index (χ3n) is 5.83. The maximum atomic E-state index is 13.4. The second kappa shape index (κ2) is 6.91. The van der Waals surface area contributed by atoms with Crippen LogP contribution in [0.5, 0.6) is 0 Å². The number of carbonyl (C=O) groups is 1. The van der Waals surface area contributed by atoms with Crippen LogP contribution in [0, 0.1) is 6.92 Å². The highest BCUT2D eigenvalue weighted by molar-refractivity contribution is 6.10. The van der Waals surface area contributed by atoms with Crippen molar-refractivity contribution in [2.24, 2.45) is 4.99 Å². The lowest BCUT2D eigenvalue weighted by Crippen LogP contribution is -2.49. The van der Waals surface area contributed by atoms with Crippen LogP contribution in [0.25, 0.3) is 0 Å². The number of amides is 1. The largest absolute Gasteiger partial charge is 0.312 e. The fraction of sp³-hybridized carbons (Fsp3) is 0.304. The summed E-state index contributed by atoms with van der Waals surface area (Å²) >= 11 is 0. The zero-order chi connectivity index (χ0) is 19.1. The van der Waals surface area contributed by atoms with Crippen molar-refractivity contribution in [3.63, 3.8) is 0 Å². The summed E-state index contributed by atoms with van der Waals surface area (Å²) in [5.41, 5.74) is 5.75. The van der Waals surface area contributed by atoms with Crippen LogP contribution in [-0.4, -0.2) is 52.7 Å². The first-order valence-corrected chi connectivity index (χ1v) is 9.87. The van der Waals surface area contributed by atoms with E-state index in [1.54, 1.807) is 0 Å². The Morgan fingerprint density at radius 3 is 2.57 bits per heavy atom. The van der Waals surface area contributed by atoms with E-state index in [-0.39, 0.29) is 5.91 Å². The molecule has 5 nitrogen and oxygen atoms in total. The topological polar surface area (TPSA) is 39.2 Å². The molecule has 0 N–H and O–H groups in total. The highest BCUT2D eigenvalue weighted by Crippen LogP contribution is 2.32. The third kappa shape index (κ3) is 2.92. The molecule has 0 atom stereocenters. The molecule has 3 aliphatic rings. The Morgan fingerprint density at radius 1 is 0.964 bits per heavy atom. The summed E-state index contributed by atoms with van der Waals surface area (Å²) in [7, 11) is 0. The number of benzene rings is 2. The van der Waals surface area contributed by atoms with Crippen LogP contribution in [0.3, 0.4) is 0 Å². The fourth-order valence-electron chi connectivity index (χ4n) is 4.35. The van der Waals surface area contributed by atoms with Gasteiger partial charge in [0.05, 0.1) is 18.7 Å². The van der Waals surface area contributed by atoms with E-state index in [1.807, 2.05) is 23.1 Å². The number of fused-ring (bicyclic) bond motifs is 2. The molecule has 3 heterocycles. The maximum Gasteiger partial charge on any atom is 0.259 e. The first-order chi connectivity index (χ1) is 13.7. The molecule has 28 heavy (non-hydrogen) atoms. The molecule has 0 spiro atoms. The van der Waals surface area contributed by atoms with E-state index in [1.165, 1.54) is 16.7 Å². The van der Waals surface area contributed by atoms with Crippen molar-refractivity contribution < 1.29 is 4.79 Å². The predicted octanol–water partition coefficient (Wildman–Crippen LogP) is 2.78. The van der Waals surface area contributed by atoms with E-state index < -0.39 is 0 Å². The third-order valence-corrected chi connectivity index (χ3v) is 5.83. The number of hydrogen-bond acceptors (Lipinski definition) is 4. The Hall–Kier alpha value is -2.92. The van der Waals surface area contributed by atoms with Crippen LogP contribution >= 0.6 is 0 Å². The molecule has 0 radical (unpaired) electrons. The van der Waals surface area contributed by atoms with Crippen molar-refractivity contribution in [3.05, 3.63) is 82.6 Å². The van der Waals surface area contributed by atoms with Crippen molar-refractivity contribution in [2.75, 3.05) is 26.2 Å². The molecule has 0 fully saturated rings. The molecular formula is C23H24N4O. The fourth-order valence-corrected chi connectivity index (χ4v) is 4.35. The number of nitrogens with zero attached hydrogens (tertiary/aromatic N) is 4. The standard InChI is InChI=1S/C23H24N4O/c1-17-7-5-6-10-19(17)14-27-22(28)20-15-25(13-18-8-3-2-4-9-18)16-21(20)26-12-11-24-23(26)27/h2-10H,11-16H2,1H3. The van der Waals surface area contributed by atoms with Gasteiger partial charge in [-0.1, -0.05) is 54.6 Å². The van der Waals surface area contributed by atoms with Gasteiger partial charge in [-0.15, -0.1) is 0 Å². The summed E-state index contributed by atoms with van der Waals surface area (Å²) < 4.78 is 0. The summed E-state index contributed by atoms with van der Waals surface area (Å²) in [6, 6.07) is 18.7. The minimum Gasteiger partial charge on any atom is -0.312 e. The minimum atomic E-state index is 0.116. The average molecular weight is 372 g/mol. The van der Waals surface area contributed by atoms with Gasteiger partial charge in [-0.05, 0) is 23.6 Å². The van der Waals surface area contributed by atoms with E-state index in [9.17, 15) is 4.79 Å². The van der Waals surface area contributed by atoms with Gasteiger partial charge in [0.15, 0.2) is 0 Å². The van der Waals surface area contributed by atoms with Crippen molar-refractivity contribution in [1.29, 1.82) is 0 Å². The number of rotatable bonds is 4. The zero-order valence-corrected chi connectivity index (χ0v) is 16.1. The summed E-state index contributed by atoms with van der Waals surface area (Å²) in [5, 5.41) is 0. The monoisotopic (exact) mass is 372 g/mol. The Morgan fingerprint density at radius 2 is 1.75 bits per heavy atom. The van der Waals surface area contributed by atoms with Gasteiger partial charge in [0.1, 0.15) is 0 Å². The smallest absolute Gasteiger partial charge is 0.259 e. The van der Waals surface area contributed by atoms with Gasteiger partial charge >= 0.3 is 0 Å². The van der Waals surface area contributed by atoms with Crippen LogP contribution in [0.2, 0.25) is 0 Å². The first-order valence-electron chi connectivity index (χ1n) is 9.87. The summed E-state index contributed by atoms with van der Waals surface area (Å²) in [4.78, 5) is 24.6. The summed E-state index contributed by atoms with van der Waals surface area (Å²) in [6.07, 6.45) is 0. The normalized spacial score (nSPS) is 19.2. The molecule has 1 amide bonds. The highest BCUT2D eigenvalue weighted by Gasteiger charge is 2.42. The molecule has 2 aromatic carbocycles. The van der Waals surface area contributed by atoms with E-state index in [0.717, 1.165) is 43.4 Å². The Bertz CT molecular complexity index is 979. The molecule has 0 saturated heterocycles. The van der Waals surface area contributed by atoms with Gasteiger partial charge in [0.25, 0.3) is 5.91 Å². The van der Waals surface area contributed by atoms with Crippen LogP contribution in [-0.2, 0) is 17.9 Å². The zero-order valence-electron chi connectivity index (χ0n) is 16.1. The molecule has 142 valence electrons. The predicted molar refractivity (Wildman–Crippen MR) is 109 cm³/mol. The molecule has 0 aliphatic carbocycles. The quantitative estimate of drug-likeness (QED) is 0.829. The van der Waals surface area contributed by atoms with E-state index >= 15 is 0 Å². The second-order valence-corrected chi connectivity index (χ2v) is 7.71. The highest BCUT2D eigenvalue weighted by atomic mass is 16.2. The lowest BCUT2D eigenvalue weighted by molar-refractivity contribution is -0.125. The number of carbonyl (C=O) groups excluding carboxylic acids is 1. The average Bonchev–Trinajstić information content (AvgIpc) is 3.34. The molecule has 0 aromatic heterocycles. The van der Waals surface area contributed by atoms with E-state index in [0.29, 0.717) is 13.1 Å². The molecule has 0 unspecified atom stereocenters. The van der Waals surface area contributed by atoms with Gasteiger partial charge in [0.2, 0.25) is 5.96 Å². The van der Waals surface area contributed by atoms with Crippen molar-refractivity contribution in [1.82, 2.24) is 14.7 Å². The van der Waals surface area contributed by atoms with Gasteiger partial charge in [-0.3, -0.25) is 19.6 Å². The molecule has 0 bridgehead atoms. The van der Waals surface area contributed by atoms with Gasteiger partial charge in [-0.2, -0.15) is 0 Å². The van der Waals surface area contributed by atoms with Crippen LogP contribution in [0.1, 0.15) is 16.7 Å². The van der Waals surface area contributed by atoms with Crippen LogP contribution < -0.4 is 0 Å². The molecule has 2 aromatic rings.